The normalized spacial score (nSPS) is 28.4. The maximum absolute atomic E-state index is 10.3. The molecule has 0 bridgehead atoms. The Hall–Kier alpha value is 0.190. The Morgan fingerprint density at radius 1 is 0.818 bits per heavy atom. The molecular weight excluding hydrogens is 300 g/mol. The highest BCUT2D eigenvalue weighted by Crippen LogP contribution is 2.37. The quantitative estimate of drug-likeness (QED) is 0.521. The third kappa shape index (κ3) is 7.18. The maximum atomic E-state index is 10.3. The molecule has 1 saturated heterocycles. The van der Waals surface area contributed by atoms with Gasteiger partial charge in [-0.3, -0.25) is 0 Å². The van der Waals surface area contributed by atoms with E-state index in [4.69, 9.17) is 14.2 Å². The Balaban J connectivity index is 2.48. The van der Waals surface area contributed by atoms with Gasteiger partial charge >= 0.3 is 0 Å². The van der Waals surface area contributed by atoms with Gasteiger partial charge in [0, 0.05) is 19.8 Å². The van der Waals surface area contributed by atoms with Crippen LogP contribution >= 0.6 is 11.8 Å². The molecule has 4 unspecified atom stereocenters. The van der Waals surface area contributed by atoms with E-state index in [1.54, 1.807) is 0 Å². The average Bonchev–Trinajstić information content (AvgIpc) is 2.80. The SMILES string of the molecule is CCCCOCC1SC(O)C(OCCCC)C1OCCCC. The van der Waals surface area contributed by atoms with Gasteiger partial charge in [0.15, 0.2) is 0 Å². The summed E-state index contributed by atoms with van der Waals surface area (Å²) in [6.45, 7) is 9.29. The van der Waals surface area contributed by atoms with Crippen LogP contribution in [0.5, 0.6) is 0 Å². The number of rotatable bonds is 13. The molecule has 132 valence electrons. The molecule has 0 aromatic heterocycles. The highest BCUT2D eigenvalue weighted by Gasteiger charge is 2.45. The van der Waals surface area contributed by atoms with Gasteiger partial charge in [0.1, 0.15) is 17.6 Å². The van der Waals surface area contributed by atoms with Crippen LogP contribution in [0, 0.1) is 0 Å². The van der Waals surface area contributed by atoms with Crippen molar-refractivity contribution in [1.82, 2.24) is 0 Å². The van der Waals surface area contributed by atoms with Crippen molar-refractivity contribution in [2.75, 3.05) is 26.4 Å². The van der Waals surface area contributed by atoms with Crippen molar-refractivity contribution in [2.45, 2.75) is 82.2 Å². The van der Waals surface area contributed by atoms with Crippen molar-refractivity contribution < 1.29 is 19.3 Å². The summed E-state index contributed by atoms with van der Waals surface area (Å²) in [4.78, 5) is 0. The van der Waals surface area contributed by atoms with Gasteiger partial charge in [0.2, 0.25) is 0 Å². The lowest BCUT2D eigenvalue weighted by Crippen LogP contribution is -2.39. The molecule has 0 radical (unpaired) electrons. The van der Waals surface area contributed by atoms with Crippen LogP contribution < -0.4 is 0 Å². The topological polar surface area (TPSA) is 47.9 Å². The third-order valence-electron chi connectivity index (χ3n) is 3.83. The maximum Gasteiger partial charge on any atom is 0.128 e. The van der Waals surface area contributed by atoms with Crippen molar-refractivity contribution in [3.8, 4) is 0 Å². The van der Waals surface area contributed by atoms with Crippen LogP contribution in [-0.2, 0) is 14.2 Å². The van der Waals surface area contributed by atoms with E-state index in [9.17, 15) is 5.11 Å². The molecule has 1 aliphatic rings. The second kappa shape index (κ2) is 12.6. The van der Waals surface area contributed by atoms with E-state index in [0.29, 0.717) is 13.2 Å². The number of thioether (sulfide) groups is 1. The van der Waals surface area contributed by atoms with Crippen molar-refractivity contribution in [1.29, 1.82) is 0 Å². The second-order valence-electron chi connectivity index (χ2n) is 5.87. The Labute approximate surface area is 140 Å². The summed E-state index contributed by atoms with van der Waals surface area (Å²) in [6.07, 6.45) is 6.20. The first kappa shape index (κ1) is 20.2. The van der Waals surface area contributed by atoms with Crippen molar-refractivity contribution in [3.63, 3.8) is 0 Å². The van der Waals surface area contributed by atoms with E-state index in [2.05, 4.69) is 20.8 Å². The molecule has 22 heavy (non-hydrogen) atoms. The third-order valence-corrected chi connectivity index (χ3v) is 5.13. The van der Waals surface area contributed by atoms with Crippen LogP contribution in [0.25, 0.3) is 0 Å². The van der Waals surface area contributed by atoms with Crippen LogP contribution in [0.15, 0.2) is 0 Å². The molecular formula is C17H34O4S. The van der Waals surface area contributed by atoms with Gasteiger partial charge in [-0.2, -0.15) is 0 Å². The molecule has 4 nitrogen and oxygen atoms in total. The van der Waals surface area contributed by atoms with Crippen LogP contribution in [0.4, 0.5) is 0 Å². The molecule has 5 heteroatoms. The van der Waals surface area contributed by atoms with Gasteiger partial charge in [-0.1, -0.05) is 40.0 Å². The molecule has 1 fully saturated rings. The second-order valence-corrected chi connectivity index (χ2v) is 7.23. The Kier molecular flexibility index (Phi) is 11.6. The zero-order chi connectivity index (χ0) is 16.2. The van der Waals surface area contributed by atoms with Crippen LogP contribution in [0.1, 0.15) is 59.3 Å². The van der Waals surface area contributed by atoms with Gasteiger partial charge < -0.3 is 19.3 Å². The zero-order valence-corrected chi connectivity index (χ0v) is 15.3. The molecule has 0 aromatic rings. The highest BCUT2D eigenvalue weighted by atomic mass is 32.2. The minimum atomic E-state index is -0.511. The van der Waals surface area contributed by atoms with E-state index in [-0.39, 0.29) is 17.5 Å². The first-order valence-corrected chi connectivity index (χ1v) is 9.83. The van der Waals surface area contributed by atoms with Gasteiger partial charge in [-0.25, -0.2) is 0 Å². The van der Waals surface area contributed by atoms with Gasteiger partial charge in [0.05, 0.1) is 11.9 Å². The van der Waals surface area contributed by atoms with Crippen molar-refractivity contribution in [2.24, 2.45) is 0 Å². The van der Waals surface area contributed by atoms with Crippen molar-refractivity contribution >= 4 is 11.8 Å². The van der Waals surface area contributed by atoms with Gasteiger partial charge in [-0.05, 0) is 19.3 Å². The number of unbranched alkanes of at least 4 members (excludes halogenated alkanes) is 3. The number of hydrogen-bond acceptors (Lipinski definition) is 5. The molecule has 0 aliphatic carbocycles. The minimum absolute atomic E-state index is 0.0648. The Morgan fingerprint density at radius 2 is 1.36 bits per heavy atom. The van der Waals surface area contributed by atoms with Crippen LogP contribution in [-0.4, -0.2) is 54.4 Å². The van der Waals surface area contributed by atoms with E-state index in [1.807, 2.05) is 0 Å². The van der Waals surface area contributed by atoms with E-state index in [0.717, 1.165) is 51.7 Å². The van der Waals surface area contributed by atoms with Gasteiger partial charge in [0.25, 0.3) is 0 Å². The molecule has 1 aliphatic heterocycles. The van der Waals surface area contributed by atoms with Crippen LogP contribution in [0.2, 0.25) is 0 Å². The molecule has 0 aromatic carbocycles. The summed E-state index contributed by atoms with van der Waals surface area (Å²) in [5.41, 5.74) is -0.511. The first-order valence-electron chi connectivity index (χ1n) is 8.89. The fraction of sp³-hybridized carbons (Fsp3) is 1.00. The predicted molar refractivity (Wildman–Crippen MR) is 92.4 cm³/mol. The molecule has 0 spiro atoms. The van der Waals surface area contributed by atoms with E-state index in [1.165, 1.54) is 11.8 Å². The van der Waals surface area contributed by atoms with E-state index < -0.39 is 5.44 Å². The summed E-state index contributed by atoms with van der Waals surface area (Å²) in [5, 5.41) is 10.5. The number of aliphatic hydroxyl groups excluding tert-OH is 1. The number of hydrogen-bond donors (Lipinski definition) is 1. The number of aliphatic hydroxyl groups is 1. The molecule has 0 amide bonds. The monoisotopic (exact) mass is 334 g/mol. The molecule has 0 saturated carbocycles. The van der Waals surface area contributed by atoms with Crippen molar-refractivity contribution in [3.05, 3.63) is 0 Å². The molecule has 4 atom stereocenters. The standard InChI is InChI=1S/C17H34O4S/c1-4-7-10-19-13-14-15(20-11-8-5-2)16(17(18)22-14)21-12-9-6-3/h14-18H,4-13H2,1-3H3. The lowest BCUT2D eigenvalue weighted by molar-refractivity contribution is -0.0969. The lowest BCUT2D eigenvalue weighted by atomic mass is 10.1. The number of ether oxygens (including phenoxy) is 3. The fourth-order valence-electron chi connectivity index (χ4n) is 2.39. The van der Waals surface area contributed by atoms with Crippen LogP contribution in [0.3, 0.4) is 0 Å². The largest absolute Gasteiger partial charge is 0.380 e. The first-order chi connectivity index (χ1) is 10.7. The summed E-state index contributed by atoms with van der Waals surface area (Å²) in [5.74, 6) is 0. The predicted octanol–water partition coefficient (Wildman–Crippen LogP) is 3.61. The van der Waals surface area contributed by atoms with Gasteiger partial charge in [-0.15, -0.1) is 11.8 Å². The smallest absolute Gasteiger partial charge is 0.128 e. The summed E-state index contributed by atoms with van der Waals surface area (Å²) < 4.78 is 17.7. The molecule has 1 rings (SSSR count). The molecule has 1 N–H and O–H groups in total. The van der Waals surface area contributed by atoms with E-state index >= 15 is 0 Å². The Bertz CT molecular complexity index is 265. The lowest BCUT2D eigenvalue weighted by Gasteiger charge is -2.25. The minimum Gasteiger partial charge on any atom is -0.380 e. The highest BCUT2D eigenvalue weighted by molar-refractivity contribution is 8.00. The summed E-state index contributed by atoms with van der Waals surface area (Å²) in [7, 11) is 0. The summed E-state index contributed by atoms with van der Waals surface area (Å²) in [6, 6.07) is 0. The Morgan fingerprint density at radius 3 is 1.95 bits per heavy atom. The zero-order valence-electron chi connectivity index (χ0n) is 14.5. The summed E-state index contributed by atoms with van der Waals surface area (Å²) >= 11 is 1.54. The fourth-order valence-corrected chi connectivity index (χ4v) is 3.70. The average molecular weight is 335 g/mol. The molecule has 1 heterocycles.